The molecular formula is C28H33NO3. The van der Waals surface area contributed by atoms with Crippen molar-refractivity contribution in [3.8, 4) is 17.2 Å². The summed E-state index contributed by atoms with van der Waals surface area (Å²) >= 11 is 0. The Morgan fingerprint density at radius 3 is 2.03 bits per heavy atom. The molecule has 4 heteroatoms. The first-order chi connectivity index (χ1) is 15.6. The lowest BCUT2D eigenvalue weighted by atomic mass is 9.96. The van der Waals surface area contributed by atoms with Gasteiger partial charge in [-0.25, -0.2) is 0 Å². The van der Waals surface area contributed by atoms with Crippen LogP contribution in [0.2, 0.25) is 0 Å². The number of rotatable bonds is 11. The Morgan fingerprint density at radius 1 is 0.688 bits per heavy atom. The number of methoxy groups -OCH3 is 3. The largest absolute Gasteiger partial charge is 0.497 e. The number of nitrogens with one attached hydrogen (secondary N) is 1. The Hall–Kier alpha value is -3.40. The van der Waals surface area contributed by atoms with E-state index in [9.17, 15) is 0 Å². The highest BCUT2D eigenvalue weighted by Gasteiger charge is 2.10. The molecule has 0 aromatic heterocycles. The van der Waals surface area contributed by atoms with E-state index in [1.165, 1.54) is 28.0 Å². The van der Waals surface area contributed by atoms with E-state index >= 15 is 0 Å². The maximum absolute atomic E-state index is 5.47. The Labute approximate surface area is 191 Å². The highest BCUT2D eigenvalue weighted by atomic mass is 16.5. The van der Waals surface area contributed by atoms with Crippen LogP contribution in [0.5, 0.6) is 17.2 Å². The van der Waals surface area contributed by atoms with E-state index < -0.39 is 0 Å². The van der Waals surface area contributed by atoms with Gasteiger partial charge in [-0.3, -0.25) is 0 Å². The van der Waals surface area contributed by atoms with Gasteiger partial charge >= 0.3 is 0 Å². The van der Waals surface area contributed by atoms with Crippen LogP contribution in [0, 0.1) is 0 Å². The average molecular weight is 432 g/mol. The van der Waals surface area contributed by atoms with Crippen molar-refractivity contribution in [1.82, 2.24) is 5.32 Å². The molecule has 0 aliphatic carbocycles. The first-order valence-corrected chi connectivity index (χ1v) is 11.0. The zero-order valence-electron chi connectivity index (χ0n) is 19.5. The quantitative estimate of drug-likeness (QED) is 0.410. The van der Waals surface area contributed by atoms with Gasteiger partial charge in [0, 0.05) is 18.3 Å². The fourth-order valence-corrected chi connectivity index (χ4v) is 3.78. The summed E-state index contributed by atoms with van der Waals surface area (Å²) in [5.41, 5.74) is 6.14. The second kappa shape index (κ2) is 11.8. The predicted octanol–water partition coefficient (Wildman–Crippen LogP) is 5.91. The first kappa shape index (κ1) is 23.3. The third-order valence-corrected chi connectivity index (χ3v) is 5.59. The topological polar surface area (TPSA) is 39.7 Å². The fourth-order valence-electron chi connectivity index (χ4n) is 3.78. The maximum Gasteiger partial charge on any atom is 0.122 e. The second-order valence-corrected chi connectivity index (χ2v) is 7.72. The summed E-state index contributed by atoms with van der Waals surface area (Å²) in [6.45, 7) is 3.04. The molecule has 3 aromatic carbocycles. The Morgan fingerprint density at radius 2 is 1.38 bits per heavy atom. The molecule has 0 saturated carbocycles. The summed E-state index contributed by atoms with van der Waals surface area (Å²) in [6, 6.07) is 24.9. The molecule has 3 aromatic rings. The van der Waals surface area contributed by atoms with Crippen LogP contribution in [-0.4, -0.2) is 27.9 Å². The first-order valence-electron chi connectivity index (χ1n) is 11.0. The number of ether oxygens (including phenoxy) is 3. The lowest BCUT2D eigenvalue weighted by Gasteiger charge is -2.16. The van der Waals surface area contributed by atoms with Crippen LogP contribution >= 0.6 is 0 Å². The molecule has 0 atom stereocenters. The Kier molecular flexibility index (Phi) is 8.61. The number of aryl methyl sites for hydroxylation is 1. The minimum Gasteiger partial charge on any atom is -0.497 e. The van der Waals surface area contributed by atoms with E-state index in [0.29, 0.717) is 0 Å². The van der Waals surface area contributed by atoms with Gasteiger partial charge in [0.2, 0.25) is 0 Å². The minimum absolute atomic E-state index is 0.809. The van der Waals surface area contributed by atoms with Crippen molar-refractivity contribution < 1.29 is 14.2 Å². The second-order valence-electron chi connectivity index (χ2n) is 7.72. The summed E-state index contributed by atoms with van der Waals surface area (Å²) in [5, 5.41) is 3.64. The zero-order valence-corrected chi connectivity index (χ0v) is 19.5. The molecule has 0 amide bonds. The van der Waals surface area contributed by atoms with Gasteiger partial charge < -0.3 is 19.5 Å². The monoisotopic (exact) mass is 431 g/mol. The van der Waals surface area contributed by atoms with E-state index in [-0.39, 0.29) is 0 Å². The van der Waals surface area contributed by atoms with Gasteiger partial charge in [-0.2, -0.15) is 0 Å². The van der Waals surface area contributed by atoms with Crippen LogP contribution in [-0.2, 0) is 12.8 Å². The third-order valence-electron chi connectivity index (χ3n) is 5.59. The third kappa shape index (κ3) is 6.55. The molecule has 0 aliphatic rings. The smallest absolute Gasteiger partial charge is 0.122 e. The van der Waals surface area contributed by atoms with Crippen molar-refractivity contribution in [2.24, 2.45) is 0 Å². The highest BCUT2D eigenvalue weighted by Crippen LogP contribution is 2.29. The van der Waals surface area contributed by atoms with Crippen LogP contribution < -0.4 is 19.5 Å². The Balaban J connectivity index is 1.81. The maximum atomic E-state index is 5.47. The standard InChI is InChI=1S/C28H33NO3/c1-21(29-16-15-22-9-6-5-7-10-22)28(24-11-8-12-25(19-24)30-2)14-13-23-17-26(31-3)20-27(18-23)32-4/h5-12,17-20,29H,13-16H2,1-4H3/b28-21-. The van der Waals surface area contributed by atoms with Gasteiger partial charge in [0.15, 0.2) is 0 Å². The normalized spacial score (nSPS) is 11.5. The summed E-state index contributed by atoms with van der Waals surface area (Å²) in [7, 11) is 5.07. The lowest BCUT2D eigenvalue weighted by molar-refractivity contribution is 0.393. The molecule has 168 valence electrons. The van der Waals surface area contributed by atoms with Gasteiger partial charge in [0.05, 0.1) is 21.3 Å². The van der Waals surface area contributed by atoms with Crippen molar-refractivity contribution in [2.45, 2.75) is 26.2 Å². The van der Waals surface area contributed by atoms with Crippen LogP contribution in [0.4, 0.5) is 0 Å². The molecule has 0 radical (unpaired) electrons. The highest BCUT2D eigenvalue weighted by molar-refractivity contribution is 5.69. The number of benzene rings is 3. The molecule has 0 heterocycles. The number of hydrogen-bond donors (Lipinski definition) is 1. The van der Waals surface area contributed by atoms with Crippen LogP contribution in [0.25, 0.3) is 5.57 Å². The van der Waals surface area contributed by atoms with Crippen molar-refractivity contribution in [3.63, 3.8) is 0 Å². The molecule has 32 heavy (non-hydrogen) atoms. The van der Waals surface area contributed by atoms with E-state index in [1.54, 1.807) is 21.3 Å². The summed E-state index contributed by atoms with van der Waals surface area (Å²) in [5.74, 6) is 2.48. The summed E-state index contributed by atoms with van der Waals surface area (Å²) in [6.07, 6.45) is 2.74. The predicted molar refractivity (Wildman–Crippen MR) is 132 cm³/mol. The van der Waals surface area contributed by atoms with Crippen molar-refractivity contribution in [2.75, 3.05) is 27.9 Å². The minimum atomic E-state index is 0.809. The Bertz CT molecular complexity index is 1010. The van der Waals surface area contributed by atoms with Gasteiger partial charge in [-0.1, -0.05) is 42.5 Å². The van der Waals surface area contributed by atoms with Gasteiger partial charge in [-0.05, 0) is 72.7 Å². The van der Waals surface area contributed by atoms with Gasteiger partial charge in [0.1, 0.15) is 17.2 Å². The summed E-state index contributed by atoms with van der Waals surface area (Å²) < 4.78 is 16.4. The fraction of sp³-hybridized carbons (Fsp3) is 0.286. The molecule has 4 nitrogen and oxygen atoms in total. The molecule has 3 rings (SSSR count). The van der Waals surface area contributed by atoms with Crippen LogP contribution in [0.15, 0.2) is 78.5 Å². The average Bonchev–Trinajstić information content (AvgIpc) is 2.84. The molecule has 0 aliphatic heterocycles. The lowest BCUT2D eigenvalue weighted by Crippen LogP contribution is -2.16. The van der Waals surface area contributed by atoms with E-state index in [0.717, 1.165) is 43.1 Å². The van der Waals surface area contributed by atoms with Crippen LogP contribution in [0.1, 0.15) is 30.0 Å². The molecule has 1 N–H and O–H groups in total. The van der Waals surface area contributed by atoms with E-state index in [4.69, 9.17) is 14.2 Å². The SMILES string of the molecule is COc1cc(CC/C(=C(\C)NCCc2ccccc2)c2cccc(OC)c2)cc(OC)c1. The van der Waals surface area contributed by atoms with E-state index in [1.807, 2.05) is 18.2 Å². The summed E-state index contributed by atoms with van der Waals surface area (Å²) in [4.78, 5) is 0. The molecular weight excluding hydrogens is 398 g/mol. The molecule has 0 spiro atoms. The van der Waals surface area contributed by atoms with Crippen LogP contribution in [0.3, 0.4) is 0 Å². The van der Waals surface area contributed by atoms with Crippen molar-refractivity contribution in [1.29, 1.82) is 0 Å². The molecule has 0 saturated heterocycles. The number of hydrogen-bond acceptors (Lipinski definition) is 4. The van der Waals surface area contributed by atoms with Crippen molar-refractivity contribution >= 4 is 5.57 Å². The molecule has 0 unspecified atom stereocenters. The number of allylic oxidation sites excluding steroid dienone is 2. The van der Waals surface area contributed by atoms with Gasteiger partial charge in [-0.15, -0.1) is 0 Å². The zero-order chi connectivity index (χ0) is 22.8. The molecule has 0 bridgehead atoms. The molecule has 0 fully saturated rings. The van der Waals surface area contributed by atoms with Crippen molar-refractivity contribution in [3.05, 3.63) is 95.2 Å². The van der Waals surface area contributed by atoms with Gasteiger partial charge in [0.25, 0.3) is 0 Å². The van der Waals surface area contributed by atoms with E-state index in [2.05, 4.69) is 66.8 Å².